The van der Waals surface area contributed by atoms with Crippen LogP contribution in [0.2, 0.25) is 0 Å². The van der Waals surface area contributed by atoms with E-state index < -0.39 is 5.97 Å². The smallest absolute Gasteiger partial charge is 0.356 e. The van der Waals surface area contributed by atoms with Crippen LogP contribution in [0.15, 0.2) is 42.5 Å². The molecule has 0 aliphatic rings. The number of anilines is 1. The molecular formula is C19H22N2O2. The van der Waals surface area contributed by atoms with Gasteiger partial charge in [0.25, 0.3) is 0 Å². The normalized spacial score (nSPS) is 10.7. The van der Waals surface area contributed by atoms with E-state index in [1.54, 1.807) is 6.07 Å². The largest absolute Gasteiger partial charge is 0.464 e. The number of hydrogen-bond donors (Lipinski definition) is 1. The van der Waals surface area contributed by atoms with Crippen molar-refractivity contribution in [2.45, 2.75) is 26.8 Å². The predicted octanol–water partition coefficient (Wildman–Crippen LogP) is 4.21. The van der Waals surface area contributed by atoms with Gasteiger partial charge in [0.05, 0.1) is 7.11 Å². The third-order valence-corrected chi connectivity index (χ3v) is 3.43. The van der Waals surface area contributed by atoms with Gasteiger partial charge in [-0.25, -0.2) is 9.78 Å². The maximum Gasteiger partial charge on any atom is 0.356 e. The van der Waals surface area contributed by atoms with Gasteiger partial charge in [0.15, 0.2) is 5.69 Å². The Kier molecular flexibility index (Phi) is 5.92. The average molecular weight is 310 g/mol. The zero-order valence-electron chi connectivity index (χ0n) is 13.8. The Morgan fingerprint density at radius 3 is 2.61 bits per heavy atom. The molecule has 0 radical (unpaired) electrons. The summed E-state index contributed by atoms with van der Waals surface area (Å²) in [5, 5.41) is 3.31. The van der Waals surface area contributed by atoms with Gasteiger partial charge in [0.1, 0.15) is 5.82 Å². The van der Waals surface area contributed by atoms with Crippen LogP contribution in [0, 0.1) is 6.92 Å². The molecule has 0 aliphatic carbocycles. The lowest BCUT2D eigenvalue weighted by Gasteiger charge is -2.11. The van der Waals surface area contributed by atoms with Crippen LogP contribution in [0.3, 0.4) is 0 Å². The van der Waals surface area contributed by atoms with Gasteiger partial charge in [-0.15, -0.1) is 0 Å². The van der Waals surface area contributed by atoms with Crippen LogP contribution in [0.4, 0.5) is 5.82 Å². The predicted molar refractivity (Wildman–Crippen MR) is 93.4 cm³/mol. The van der Waals surface area contributed by atoms with Crippen LogP contribution in [-0.2, 0) is 11.3 Å². The molecule has 0 saturated heterocycles. The van der Waals surface area contributed by atoms with Crippen molar-refractivity contribution in [3.05, 3.63) is 64.9 Å². The van der Waals surface area contributed by atoms with Crippen LogP contribution in [0.25, 0.3) is 6.08 Å². The molecule has 120 valence electrons. The van der Waals surface area contributed by atoms with Gasteiger partial charge in [0.2, 0.25) is 0 Å². The number of nitrogens with zero attached hydrogens (tertiary/aromatic N) is 1. The molecule has 23 heavy (non-hydrogen) atoms. The Hall–Kier alpha value is -2.62. The van der Waals surface area contributed by atoms with E-state index >= 15 is 0 Å². The third kappa shape index (κ3) is 4.68. The molecule has 0 spiro atoms. The number of allylic oxidation sites excluding steroid dienone is 1. The number of aryl methyl sites for hydroxylation is 1. The van der Waals surface area contributed by atoms with Gasteiger partial charge in [-0.05, 0) is 31.0 Å². The Morgan fingerprint density at radius 1 is 1.22 bits per heavy atom. The van der Waals surface area contributed by atoms with E-state index in [4.69, 9.17) is 4.74 Å². The molecule has 2 aromatic rings. The molecule has 1 aromatic carbocycles. The minimum atomic E-state index is -0.436. The number of carbonyl (C=O) groups is 1. The first-order chi connectivity index (χ1) is 11.1. The number of nitrogens with one attached hydrogen (secondary N) is 1. The summed E-state index contributed by atoms with van der Waals surface area (Å²) >= 11 is 0. The summed E-state index contributed by atoms with van der Waals surface area (Å²) in [7, 11) is 1.36. The molecule has 2 rings (SSSR count). The molecule has 0 atom stereocenters. The van der Waals surface area contributed by atoms with Crippen LogP contribution in [-0.4, -0.2) is 18.1 Å². The minimum absolute atomic E-state index is 0.299. The van der Waals surface area contributed by atoms with E-state index in [-0.39, 0.29) is 0 Å². The van der Waals surface area contributed by atoms with E-state index in [0.717, 1.165) is 17.5 Å². The zero-order valence-corrected chi connectivity index (χ0v) is 13.8. The number of ether oxygens (including phenoxy) is 1. The number of aromatic nitrogens is 1. The van der Waals surface area contributed by atoms with Gasteiger partial charge < -0.3 is 10.1 Å². The molecule has 0 unspecified atom stereocenters. The molecule has 0 fully saturated rings. The van der Waals surface area contributed by atoms with Crippen LogP contribution >= 0.6 is 0 Å². The molecule has 1 aromatic heterocycles. The van der Waals surface area contributed by atoms with Gasteiger partial charge in [-0.1, -0.05) is 48.9 Å². The lowest BCUT2D eigenvalue weighted by Crippen LogP contribution is -2.09. The van der Waals surface area contributed by atoms with Gasteiger partial charge >= 0.3 is 5.97 Å². The SMILES string of the molecule is CC/C=C\c1ccc(C(=O)OC)nc1NCc1ccc(C)cc1. The maximum absolute atomic E-state index is 11.7. The number of pyridine rings is 1. The van der Waals surface area contributed by atoms with Crippen molar-refractivity contribution in [3.8, 4) is 0 Å². The summed E-state index contributed by atoms with van der Waals surface area (Å²) in [5.41, 5.74) is 3.64. The first kappa shape index (κ1) is 16.7. The quantitative estimate of drug-likeness (QED) is 0.812. The van der Waals surface area contributed by atoms with Crippen molar-refractivity contribution in [2.24, 2.45) is 0 Å². The molecule has 0 amide bonds. The summed E-state index contributed by atoms with van der Waals surface area (Å²) in [6, 6.07) is 11.9. The standard InChI is InChI=1S/C19H22N2O2/c1-4-5-6-16-11-12-17(19(22)23-3)21-18(16)20-13-15-9-7-14(2)8-10-15/h5-12H,4,13H2,1-3H3,(H,20,21)/b6-5-. The monoisotopic (exact) mass is 310 g/mol. The lowest BCUT2D eigenvalue weighted by molar-refractivity contribution is 0.0594. The number of methoxy groups -OCH3 is 1. The van der Waals surface area contributed by atoms with Crippen LogP contribution in [0.5, 0.6) is 0 Å². The number of carbonyl (C=O) groups excluding carboxylic acids is 1. The second kappa shape index (κ2) is 8.13. The second-order valence-corrected chi connectivity index (χ2v) is 5.28. The van der Waals surface area contributed by atoms with Crippen LogP contribution in [0.1, 0.15) is 40.5 Å². The van der Waals surface area contributed by atoms with Crippen molar-refractivity contribution < 1.29 is 9.53 Å². The maximum atomic E-state index is 11.7. The van der Waals surface area contributed by atoms with E-state index in [1.165, 1.54) is 12.7 Å². The van der Waals surface area contributed by atoms with Crippen molar-refractivity contribution in [1.29, 1.82) is 0 Å². The number of benzene rings is 1. The molecular weight excluding hydrogens is 288 g/mol. The fraction of sp³-hybridized carbons (Fsp3) is 0.263. The van der Waals surface area contributed by atoms with Gasteiger partial charge in [-0.2, -0.15) is 0 Å². The first-order valence-electron chi connectivity index (χ1n) is 7.69. The second-order valence-electron chi connectivity index (χ2n) is 5.28. The third-order valence-electron chi connectivity index (χ3n) is 3.43. The highest BCUT2D eigenvalue weighted by molar-refractivity contribution is 5.88. The molecule has 1 heterocycles. The van der Waals surface area contributed by atoms with E-state index in [9.17, 15) is 4.79 Å². The van der Waals surface area contributed by atoms with Crippen LogP contribution < -0.4 is 5.32 Å². The van der Waals surface area contributed by atoms with Gasteiger partial charge in [-0.3, -0.25) is 0 Å². The topological polar surface area (TPSA) is 51.2 Å². The molecule has 4 nitrogen and oxygen atoms in total. The summed E-state index contributed by atoms with van der Waals surface area (Å²) in [5.74, 6) is 0.243. The summed E-state index contributed by atoms with van der Waals surface area (Å²) < 4.78 is 4.74. The highest BCUT2D eigenvalue weighted by atomic mass is 16.5. The van der Waals surface area contributed by atoms with Crippen molar-refractivity contribution in [2.75, 3.05) is 12.4 Å². The Labute approximate surface area is 137 Å². The molecule has 0 bridgehead atoms. The molecule has 0 aliphatic heterocycles. The van der Waals surface area contributed by atoms with E-state index in [1.807, 2.05) is 12.1 Å². The van der Waals surface area contributed by atoms with Crippen molar-refractivity contribution >= 4 is 17.9 Å². The summed E-state index contributed by atoms with van der Waals surface area (Å²) in [6.07, 6.45) is 5.01. The highest BCUT2D eigenvalue weighted by Gasteiger charge is 2.10. The highest BCUT2D eigenvalue weighted by Crippen LogP contribution is 2.18. The fourth-order valence-electron chi connectivity index (χ4n) is 2.10. The first-order valence-corrected chi connectivity index (χ1v) is 7.69. The van der Waals surface area contributed by atoms with Crippen molar-refractivity contribution in [3.63, 3.8) is 0 Å². The number of rotatable bonds is 6. The average Bonchev–Trinajstić information content (AvgIpc) is 2.59. The summed E-state index contributed by atoms with van der Waals surface area (Å²) in [4.78, 5) is 16.1. The molecule has 4 heteroatoms. The lowest BCUT2D eigenvalue weighted by atomic mass is 10.1. The Bertz CT molecular complexity index is 691. The van der Waals surface area contributed by atoms with E-state index in [0.29, 0.717) is 18.1 Å². The summed E-state index contributed by atoms with van der Waals surface area (Å²) in [6.45, 7) is 4.78. The van der Waals surface area contributed by atoms with E-state index in [2.05, 4.69) is 54.5 Å². The van der Waals surface area contributed by atoms with Crippen molar-refractivity contribution in [1.82, 2.24) is 4.98 Å². The fourth-order valence-corrected chi connectivity index (χ4v) is 2.10. The zero-order chi connectivity index (χ0) is 16.7. The molecule has 0 saturated carbocycles. The number of esters is 1. The van der Waals surface area contributed by atoms with Gasteiger partial charge in [0, 0.05) is 12.1 Å². The minimum Gasteiger partial charge on any atom is -0.464 e. The number of hydrogen-bond acceptors (Lipinski definition) is 4. The Morgan fingerprint density at radius 2 is 1.96 bits per heavy atom. The molecule has 1 N–H and O–H groups in total. The Balaban J connectivity index is 2.23.